The van der Waals surface area contributed by atoms with Crippen LogP contribution >= 0.6 is 0 Å². The summed E-state index contributed by atoms with van der Waals surface area (Å²) in [7, 11) is 0. The fourth-order valence-corrected chi connectivity index (χ4v) is 2.15. The highest BCUT2D eigenvalue weighted by molar-refractivity contribution is 5.81. The van der Waals surface area contributed by atoms with Crippen molar-refractivity contribution in [1.29, 1.82) is 5.26 Å². The molecule has 0 heterocycles. The van der Waals surface area contributed by atoms with Gasteiger partial charge in [-0.15, -0.1) is 0 Å². The summed E-state index contributed by atoms with van der Waals surface area (Å²) in [6.07, 6.45) is -0.449. The molecule has 0 radical (unpaired) electrons. The Morgan fingerprint density at radius 3 is 2.62 bits per heavy atom. The van der Waals surface area contributed by atoms with Gasteiger partial charge in [-0.05, 0) is 18.3 Å². The van der Waals surface area contributed by atoms with Crippen molar-refractivity contribution < 1.29 is 9.90 Å². The summed E-state index contributed by atoms with van der Waals surface area (Å²) < 4.78 is 0. The number of hydrogen-bond donors (Lipinski definition) is 1. The first-order valence-corrected chi connectivity index (χ1v) is 4.48. The minimum absolute atomic E-state index is 0.0235. The van der Waals surface area contributed by atoms with E-state index < -0.39 is 6.10 Å². The molecule has 1 N–H and O–H groups in total. The zero-order chi connectivity index (χ0) is 10.2. The second-order valence-electron chi connectivity index (χ2n) is 4.37. The highest BCUT2D eigenvalue weighted by atomic mass is 16.3. The molecule has 1 fully saturated rings. The van der Waals surface area contributed by atoms with Gasteiger partial charge in [0.1, 0.15) is 6.10 Å². The van der Waals surface area contributed by atoms with Crippen LogP contribution in [0.2, 0.25) is 0 Å². The molecule has 72 valence electrons. The number of aliphatic hydroxyl groups is 1. The van der Waals surface area contributed by atoms with Crippen LogP contribution in [0.25, 0.3) is 0 Å². The van der Waals surface area contributed by atoms with Crippen LogP contribution in [0.15, 0.2) is 0 Å². The number of carbonyl (C=O) groups is 1. The van der Waals surface area contributed by atoms with Crippen molar-refractivity contribution >= 4 is 5.78 Å². The van der Waals surface area contributed by atoms with Gasteiger partial charge < -0.3 is 5.11 Å². The molecule has 0 aliphatic heterocycles. The first-order chi connectivity index (χ1) is 5.92. The molecular weight excluding hydrogens is 166 g/mol. The van der Waals surface area contributed by atoms with E-state index in [0.29, 0.717) is 6.42 Å². The van der Waals surface area contributed by atoms with Crippen LogP contribution in [0.5, 0.6) is 0 Å². The van der Waals surface area contributed by atoms with E-state index in [-0.39, 0.29) is 23.0 Å². The number of ketones is 1. The zero-order valence-corrected chi connectivity index (χ0v) is 8.24. The highest BCUT2D eigenvalue weighted by Crippen LogP contribution is 2.61. The van der Waals surface area contributed by atoms with Gasteiger partial charge in [-0.25, -0.2) is 0 Å². The van der Waals surface area contributed by atoms with Crippen molar-refractivity contribution in [2.45, 2.75) is 33.3 Å². The number of nitriles is 1. The Morgan fingerprint density at radius 1 is 1.69 bits per heavy atom. The van der Waals surface area contributed by atoms with Gasteiger partial charge in [-0.3, -0.25) is 4.79 Å². The van der Waals surface area contributed by atoms with Gasteiger partial charge in [-0.2, -0.15) is 5.26 Å². The van der Waals surface area contributed by atoms with Crippen molar-refractivity contribution in [1.82, 2.24) is 0 Å². The third-order valence-corrected chi connectivity index (χ3v) is 3.21. The lowest BCUT2D eigenvalue weighted by Gasteiger charge is -2.07. The molecule has 3 nitrogen and oxygen atoms in total. The molecule has 13 heavy (non-hydrogen) atoms. The monoisotopic (exact) mass is 181 g/mol. The van der Waals surface area contributed by atoms with Crippen LogP contribution in [-0.4, -0.2) is 17.0 Å². The lowest BCUT2D eigenvalue weighted by Crippen LogP contribution is -2.22. The maximum absolute atomic E-state index is 10.9. The second kappa shape index (κ2) is 3.12. The molecule has 0 bridgehead atoms. The molecule has 0 aromatic rings. The Bertz CT molecular complexity index is 265. The van der Waals surface area contributed by atoms with Gasteiger partial charge in [0.05, 0.1) is 6.07 Å². The average molecular weight is 181 g/mol. The molecule has 0 aromatic heterocycles. The summed E-state index contributed by atoms with van der Waals surface area (Å²) in [5, 5.41) is 18.1. The largest absolute Gasteiger partial charge is 0.385 e. The quantitative estimate of drug-likeness (QED) is 0.709. The summed E-state index contributed by atoms with van der Waals surface area (Å²) in [5.74, 6) is -0.0421. The Hall–Kier alpha value is -0.880. The van der Waals surface area contributed by atoms with E-state index in [2.05, 4.69) is 6.07 Å². The Balaban J connectivity index is 2.65. The number of carbonyl (C=O) groups excluding carboxylic acids is 1. The summed E-state index contributed by atoms with van der Waals surface area (Å²) in [4.78, 5) is 10.9. The van der Waals surface area contributed by atoms with Crippen LogP contribution in [-0.2, 0) is 4.79 Å². The molecule has 1 saturated carbocycles. The van der Waals surface area contributed by atoms with Gasteiger partial charge in [0.15, 0.2) is 5.78 Å². The van der Waals surface area contributed by atoms with Gasteiger partial charge in [0.2, 0.25) is 0 Å². The molecule has 3 heteroatoms. The fraction of sp³-hybridized carbons (Fsp3) is 0.800. The van der Waals surface area contributed by atoms with E-state index in [4.69, 9.17) is 5.26 Å². The predicted octanol–water partition coefficient (Wildman–Crippen LogP) is 1.12. The van der Waals surface area contributed by atoms with E-state index in [1.807, 2.05) is 13.8 Å². The van der Waals surface area contributed by atoms with Crippen molar-refractivity contribution in [2.75, 3.05) is 0 Å². The van der Waals surface area contributed by atoms with Gasteiger partial charge >= 0.3 is 0 Å². The summed E-state index contributed by atoms with van der Waals surface area (Å²) in [6.45, 7) is 5.38. The predicted molar refractivity (Wildman–Crippen MR) is 47.7 cm³/mol. The lowest BCUT2D eigenvalue weighted by molar-refractivity contribution is -0.126. The van der Waals surface area contributed by atoms with Gasteiger partial charge in [0, 0.05) is 12.3 Å². The Kier molecular flexibility index (Phi) is 2.44. The Labute approximate surface area is 78.4 Å². The van der Waals surface area contributed by atoms with E-state index in [1.54, 1.807) is 0 Å². The first kappa shape index (κ1) is 10.2. The van der Waals surface area contributed by atoms with Crippen molar-refractivity contribution in [2.24, 2.45) is 17.3 Å². The topological polar surface area (TPSA) is 61.1 Å². The van der Waals surface area contributed by atoms with Crippen LogP contribution in [0, 0.1) is 28.6 Å². The molecule has 1 aliphatic carbocycles. The van der Waals surface area contributed by atoms with Crippen LogP contribution in [0.3, 0.4) is 0 Å². The minimum Gasteiger partial charge on any atom is -0.385 e. The number of Topliss-reactive ketones (excluding diaryl/α,β-unsaturated/α-hetero) is 1. The van der Waals surface area contributed by atoms with E-state index in [9.17, 15) is 9.90 Å². The number of aliphatic hydroxyl groups excluding tert-OH is 1. The number of hydrogen-bond acceptors (Lipinski definition) is 3. The maximum Gasteiger partial charge on any atom is 0.158 e. The summed E-state index contributed by atoms with van der Waals surface area (Å²) >= 11 is 0. The fourth-order valence-electron chi connectivity index (χ4n) is 2.15. The smallest absolute Gasteiger partial charge is 0.158 e. The molecular formula is C10H15NO2. The van der Waals surface area contributed by atoms with Gasteiger partial charge in [0.25, 0.3) is 0 Å². The van der Waals surface area contributed by atoms with Crippen molar-refractivity contribution in [3.05, 3.63) is 0 Å². The molecule has 0 saturated heterocycles. The second-order valence-corrected chi connectivity index (χ2v) is 4.37. The molecule has 0 aromatic carbocycles. The molecule has 0 unspecified atom stereocenters. The molecule has 0 spiro atoms. The SMILES string of the molecule is CC(=O)[C@@H](O)[C@@H]1[C@@H](CC#N)C1(C)C. The van der Waals surface area contributed by atoms with Crippen LogP contribution < -0.4 is 0 Å². The maximum atomic E-state index is 10.9. The summed E-state index contributed by atoms with van der Waals surface area (Å²) in [6, 6.07) is 2.09. The highest BCUT2D eigenvalue weighted by Gasteiger charge is 2.61. The number of nitrogens with zero attached hydrogens (tertiary/aromatic N) is 1. The normalized spacial score (nSPS) is 31.9. The number of rotatable bonds is 3. The van der Waals surface area contributed by atoms with Crippen molar-refractivity contribution in [3.63, 3.8) is 0 Å². The molecule has 3 atom stereocenters. The molecule has 0 amide bonds. The third kappa shape index (κ3) is 1.59. The van der Waals surface area contributed by atoms with E-state index in [0.717, 1.165) is 0 Å². The van der Waals surface area contributed by atoms with Crippen LogP contribution in [0.1, 0.15) is 27.2 Å². The third-order valence-electron chi connectivity index (χ3n) is 3.21. The standard InChI is InChI=1S/C10H15NO2/c1-6(12)9(13)8-7(4-5-11)10(8,2)3/h7-9,13H,4H2,1-3H3/t7-,8+,9-/m1/s1. The molecule has 1 rings (SSSR count). The minimum atomic E-state index is -0.881. The van der Waals surface area contributed by atoms with Gasteiger partial charge in [-0.1, -0.05) is 13.8 Å². The average Bonchev–Trinajstić information content (AvgIpc) is 2.53. The van der Waals surface area contributed by atoms with Crippen molar-refractivity contribution in [3.8, 4) is 6.07 Å². The Morgan fingerprint density at radius 2 is 2.23 bits per heavy atom. The summed E-state index contributed by atoms with van der Waals surface area (Å²) in [5.41, 5.74) is -0.0547. The van der Waals surface area contributed by atoms with E-state index in [1.165, 1.54) is 6.92 Å². The first-order valence-electron chi connectivity index (χ1n) is 4.48. The van der Waals surface area contributed by atoms with E-state index >= 15 is 0 Å². The zero-order valence-electron chi connectivity index (χ0n) is 8.24. The molecule has 1 aliphatic rings. The lowest BCUT2D eigenvalue weighted by atomic mass is 10.0. The van der Waals surface area contributed by atoms with Crippen LogP contribution in [0.4, 0.5) is 0 Å².